The molecule has 19 heavy (non-hydrogen) atoms. The molecule has 0 heterocycles. The van der Waals surface area contributed by atoms with E-state index in [0.717, 1.165) is 25.6 Å². The fourth-order valence-corrected chi connectivity index (χ4v) is 2.97. The molecule has 0 aliphatic heterocycles. The molecular formula is C15H15ClINO. The molecule has 2 aromatic carbocycles. The van der Waals surface area contributed by atoms with Crippen LogP contribution in [0.1, 0.15) is 18.5 Å². The highest BCUT2D eigenvalue weighted by molar-refractivity contribution is 14.1. The van der Waals surface area contributed by atoms with E-state index in [1.165, 1.54) is 0 Å². The summed E-state index contributed by atoms with van der Waals surface area (Å²) in [5.74, 6) is 0.895. The molecule has 0 saturated carbocycles. The van der Waals surface area contributed by atoms with Gasteiger partial charge in [-0.2, -0.15) is 0 Å². The van der Waals surface area contributed by atoms with Gasteiger partial charge in [0.1, 0.15) is 5.75 Å². The largest absolute Gasteiger partial charge is 0.496 e. The van der Waals surface area contributed by atoms with Crippen molar-refractivity contribution in [2.24, 2.45) is 0 Å². The van der Waals surface area contributed by atoms with Gasteiger partial charge in [-0.25, -0.2) is 0 Å². The Morgan fingerprint density at radius 1 is 1.21 bits per heavy atom. The molecule has 0 amide bonds. The summed E-state index contributed by atoms with van der Waals surface area (Å²) in [6.45, 7) is 2.11. The molecule has 2 aromatic rings. The Kier molecular flexibility index (Phi) is 4.93. The van der Waals surface area contributed by atoms with Gasteiger partial charge in [0.2, 0.25) is 0 Å². The van der Waals surface area contributed by atoms with Crippen molar-refractivity contribution >= 4 is 39.9 Å². The van der Waals surface area contributed by atoms with Gasteiger partial charge in [0, 0.05) is 19.8 Å². The van der Waals surface area contributed by atoms with E-state index in [0.29, 0.717) is 0 Å². The van der Waals surface area contributed by atoms with Crippen molar-refractivity contribution in [2.75, 3.05) is 12.4 Å². The lowest BCUT2D eigenvalue weighted by Gasteiger charge is -2.19. The maximum absolute atomic E-state index is 5.97. The van der Waals surface area contributed by atoms with Gasteiger partial charge in [-0.1, -0.05) is 29.8 Å². The Morgan fingerprint density at radius 3 is 2.63 bits per heavy atom. The summed E-state index contributed by atoms with van der Waals surface area (Å²) in [5.41, 5.74) is 2.21. The molecule has 0 radical (unpaired) electrons. The van der Waals surface area contributed by atoms with Gasteiger partial charge in [0.05, 0.1) is 13.2 Å². The summed E-state index contributed by atoms with van der Waals surface area (Å²) in [6.07, 6.45) is 0. The van der Waals surface area contributed by atoms with Crippen LogP contribution in [0.5, 0.6) is 5.75 Å². The summed E-state index contributed by atoms with van der Waals surface area (Å²) in [4.78, 5) is 0. The molecule has 0 aliphatic carbocycles. The van der Waals surface area contributed by atoms with E-state index < -0.39 is 0 Å². The number of para-hydroxylation sites is 1. The van der Waals surface area contributed by atoms with Crippen LogP contribution in [0.4, 0.5) is 5.69 Å². The number of rotatable bonds is 4. The smallest absolute Gasteiger partial charge is 0.124 e. The van der Waals surface area contributed by atoms with E-state index in [1.807, 2.05) is 36.4 Å². The quantitative estimate of drug-likeness (QED) is 0.735. The van der Waals surface area contributed by atoms with Crippen molar-refractivity contribution in [3.63, 3.8) is 0 Å². The van der Waals surface area contributed by atoms with Crippen molar-refractivity contribution in [3.05, 3.63) is 56.6 Å². The zero-order valence-corrected chi connectivity index (χ0v) is 13.7. The number of hydrogen-bond donors (Lipinski definition) is 1. The first-order valence-corrected chi connectivity index (χ1v) is 7.42. The maximum atomic E-state index is 5.97. The van der Waals surface area contributed by atoms with Gasteiger partial charge in [0.15, 0.2) is 0 Å². The van der Waals surface area contributed by atoms with Crippen molar-refractivity contribution in [2.45, 2.75) is 13.0 Å². The molecule has 0 aromatic heterocycles. The molecule has 100 valence electrons. The minimum atomic E-state index is 0.158. The Bertz CT molecular complexity index is 574. The van der Waals surface area contributed by atoms with E-state index in [2.05, 4.69) is 40.9 Å². The van der Waals surface area contributed by atoms with E-state index >= 15 is 0 Å². The Labute approximate surface area is 132 Å². The van der Waals surface area contributed by atoms with Crippen molar-refractivity contribution in [1.29, 1.82) is 0 Å². The average Bonchev–Trinajstić information content (AvgIpc) is 2.41. The first-order chi connectivity index (χ1) is 9.11. The molecule has 2 nitrogen and oxygen atoms in total. The minimum absolute atomic E-state index is 0.158. The highest BCUT2D eigenvalue weighted by Crippen LogP contribution is 2.30. The number of ether oxygens (including phenoxy) is 1. The molecular weight excluding hydrogens is 373 g/mol. The van der Waals surface area contributed by atoms with Gasteiger partial charge in [-0.3, -0.25) is 0 Å². The monoisotopic (exact) mass is 387 g/mol. The molecule has 0 spiro atoms. The highest BCUT2D eigenvalue weighted by atomic mass is 127. The van der Waals surface area contributed by atoms with Crippen LogP contribution in [0.3, 0.4) is 0 Å². The van der Waals surface area contributed by atoms with Crippen LogP contribution >= 0.6 is 34.2 Å². The Morgan fingerprint density at radius 2 is 1.95 bits per heavy atom. The lowest BCUT2D eigenvalue weighted by molar-refractivity contribution is 0.408. The number of halogens is 2. The van der Waals surface area contributed by atoms with Gasteiger partial charge in [-0.05, 0) is 53.8 Å². The van der Waals surface area contributed by atoms with E-state index in [1.54, 1.807) is 7.11 Å². The summed E-state index contributed by atoms with van der Waals surface area (Å²) < 4.78 is 6.49. The van der Waals surface area contributed by atoms with Gasteiger partial charge in [-0.15, -0.1) is 0 Å². The van der Waals surface area contributed by atoms with Gasteiger partial charge >= 0.3 is 0 Å². The topological polar surface area (TPSA) is 21.3 Å². The van der Waals surface area contributed by atoms with E-state index in [4.69, 9.17) is 16.3 Å². The van der Waals surface area contributed by atoms with Crippen LogP contribution in [-0.2, 0) is 0 Å². The van der Waals surface area contributed by atoms with Gasteiger partial charge in [0.25, 0.3) is 0 Å². The molecule has 4 heteroatoms. The number of nitrogens with one attached hydrogen (secondary N) is 1. The zero-order chi connectivity index (χ0) is 13.8. The summed E-state index contributed by atoms with van der Waals surface area (Å²) in [5, 5.41) is 4.23. The second-order valence-corrected chi connectivity index (χ2v) is 5.83. The van der Waals surface area contributed by atoms with Crippen LogP contribution < -0.4 is 10.1 Å². The predicted molar refractivity (Wildman–Crippen MR) is 89.2 cm³/mol. The van der Waals surface area contributed by atoms with Crippen LogP contribution in [-0.4, -0.2) is 7.11 Å². The summed E-state index contributed by atoms with van der Waals surface area (Å²) in [7, 11) is 1.69. The third-order valence-corrected chi connectivity index (χ3v) is 4.04. The average molecular weight is 388 g/mol. The van der Waals surface area contributed by atoms with Crippen LogP contribution in [0.2, 0.25) is 5.02 Å². The lowest BCUT2D eigenvalue weighted by atomic mass is 10.1. The summed E-state index contributed by atoms with van der Waals surface area (Å²) >= 11 is 8.24. The van der Waals surface area contributed by atoms with Crippen LogP contribution in [0.25, 0.3) is 0 Å². The normalized spacial score (nSPS) is 12.0. The minimum Gasteiger partial charge on any atom is -0.496 e. The second-order valence-electron chi connectivity index (χ2n) is 4.23. The maximum Gasteiger partial charge on any atom is 0.124 e. The van der Waals surface area contributed by atoms with E-state index in [9.17, 15) is 0 Å². The molecule has 1 atom stereocenters. The standard InChI is InChI=1S/C15H15ClINO/c1-10(12-5-3-4-6-15(12)19-2)18-14-8-7-11(16)9-13(14)17/h3-10,18H,1-2H3. The van der Waals surface area contributed by atoms with Crippen LogP contribution in [0, 0.1) is 3.57 Å². The van der Waals surface area contributed by atoms with E-state index in [-0.39, 0.29) is 6.04 Å². The van der Waals surface area contributed by atoms with Crippen molar-refractivity contribution in [3.8, 4) is 5.75 Å². The molecule has 0 aliphatic rings. The van der Waals surface area contributed by atoms with Gasteiger partial charge < -0.3 is 10.1 Å². The second kappa shape index (κ2) is 6.48. The molecule has 0 bridgehead atoms. The fourth-order valence-electron chi connectivity index (χ4n) is 1.94. The molecule has 1 unspecified atom stereocenters. The number of hydrogen-bond acceptors (Lipinski definition) is 2. The number of anilines is 1. The first-order valence-electron chi connectivity index (χ1n) is 5.96. The summed E-state index contributed by atoms with van der Waals surface area (Å²) in [6, 6.07) is 14.0. The fraction of sp³-hybridized carbons (Fsp3) is 0.200. The number of methoxy groups -OCH3 is 1. The number of benzene rings is 2. The van der Waals surface area contributed by atoms with Crippen LogP contribution in [0.15, 0.2) is 42.5 Å². The molecule has 1 N–H and O–H groups in total. The molecule has 0 fully saturated rings. The lowest BCUT2D eigenvalue weighted by Crippen LogP contribution is -2.09. The Balaban J connectivity index is 2.23. The SMILES string of the molecule is COc1ccccc1C(C)Nc1ccc(Cl)cc1I. The first kappa shape index (κ1) is 14.5. The third-order valence-electron chi connectivity index (χ3n) is 2.91. The third kappa shape index (κ3) is 3.54. The molecule has 2 rings (SSSR count). The van der Waals surface area contributed by atoms with Crippen molar-refractivity contribution in [1.82, 2.24) is 0 Å². The van der Waals surface area contributed by atoms with Crippen molar-refractivity contribution < 1.29 is 4.74 Å². The predicted octanol–water partition coefficient (Wildman–Crippen LogP) is 5.13. The zero-order valence-electron chi connectivity index (χ0n) is 10.8. The highest BCUT2D eigenvalue weighted by Gasteiger charge is 2.11. The Hall–Kier alpha value is -0.940. The molecule has 0 saturated heterocycles.